The Morgan fingerprint density at radius 1 is 0.878 bits per heavy atom. The van der Waals surface area contributed by atoms with E-state index >= 15 is 0 Å². The molecule has 1 unspecified atom stereocenters. The van der Waals surface area contributed by atoms with Crippen molar-refractivity contribution < 1.29 is 23.1 Å². The van der Waals surface area contributed by atoms with E-state index in [1.54, 1.807) is 62.6 Å². The van der Waals surface area contributed by atoms with E-state index in [1.807, 2.05) is 43.3 Å². The van der Waals surface area contributed by atoms with Crippen LogP contribution in [0, 0.1) is 20.8 Å². The van der Waals surface area contributed by atoms with Gasteiger partial charge in [-0.25, -0.2) is 13.2 Å². The molecule has 0 bridgehead atoms. The average molecular weight is 573 g/mol. The summed E-state index contributed by atoms with van der Waals surface area (Å²) in [6.07, 6.45) is 3.32. The summed E-state index contributed by atoms with van der Waals surface area (Å²) in [4.78, 5) is 28.5. The number of hydrogen-bond donors (Lipinski definition) is 4. The van der Waals surface area contributed by atoms with E-state index in [-0.39, 0.29) is 17.3 Å². The second kappa shape index (κ2) is 12.8. The number of sulfonamides is 1. The Kier molecular flexibility index (Phi) is 9.16. The van der Waals surface area contributed by atoms with E-state index < -0.39 is 22.0 Å². The number of benzene rings is 3. The van der Waals surface area contributed by atoms with Gasteiger partial charge in [-0.05, 0) is 78.8 Å². The van der Waals surface area contributed by atoms with Crippen molar-refractivity contribution in [3.05, 3.63) is 113 Å². The number of amides is 2. The van der Waals surface area contributed by atoms with Gasteiger partial charge >= 0.3 is 12.0 Å². The van der Waals surface area contributed by atoms with Crippen LogP contribution in [0.15, 0.2) is 90.1 Å². The first kappa shape index (κ1) is 29.4. The summed E-state index contributed by atoms with van der Waals surface area (Å²) in [7, 11) is -4.06. The first-order valence-corrected chi connectivity index (χ1v) is 14.5. The van der Waals surface area contributed by atoms with Gasteiger partial charge in [-0.3, -0.25) is 9.78 Å². The third-order valence-corrected chi connectivity index (χ3v) is 8.27. The lowest BCUT2D eigenvalue weighted by Crippen LogP contribution is -2.42. The van der Waals surface area contributed by atoms with E-state index in [0.717, 1.165) is 22.3 Å². The number of pyridine rings is 1. The summed E-state index contributed by atoms with van der Waals surface area (Å²) in [5, 5.41) is 15.4. The molecule has 0 aliphatic rings. The molecule has 1 aromatic heterocycles. The molecule has 41 heavy (non-hydrogen) atoms. The van der Waals surface area contributed by atoms with Crippen molar-refractivity contribution in [2.24, 2.45) is 0 Å². The van der Waals surface area contributed by atoms with Gasteiger partial charge in [-0.2, -0.15) is 4.72 Å². The molecule has 0 aliphatic carbocycles. The van der Waals surface area contributed by atoms with Gasteiger partial charge in [0, 0.05) is 24.6 Å². The lowest BCUT2D eigenvalue weighted by Gasteiger charge is -2.18. The van der Waals surface area contributed by atoms with Gasteiger partial charge in [0.15, 0.2) is 0 Å². The van der Waals surface area contributed by atoms with Gasteiger partial charge in [-0.1, -0.05) is 60.2 Å². The third-order valence-electron chi connectivity index (χ3n) is 6.49. The number of carboxylic acids is 1. The molecular formula is C31H32N4O5S. The number of nitrogens with one attached hydrogen (secondary N) is 3. The van der Waals surface area contributed by atoms with E-state index in [0.29, 0.717) is 28.9 Å². The van der Waals surface area contributed by atoms with Crippen LogP contribution in [-0.2, 0) is 27.8 Å². The van der Waals surface area contributed by atoms with Crippen molar-refractivity contribution >= 4 is 27.7 Å². The van der Waals surface area contributed by atoms with Gasteiger partial charge in [0.2, 0.25) is 10.0 Å². The molecule has 1 heterocycles. The first-order valence-electron chi connectivity index (χ1n) is 13.0. The molecule has 0 spiro atoms. The zero-order valence-corrected chi connectivity index (χ0v) is 23.8. The van der Waals surface area contributed by atoms with Gasteiger partial charge in [0.1, 0.15) is 6.04 Å². The molecule has 0 fully saturated rings. The number of hydrogen-bond acceptors (Lipinski definition) is 5. The number of carbonyl (C=O) groups excluding carboxylic acids is 1. The number of aromatic nitrogens is 1. The second-order valence-electron chi connectivity index (χ2n) is 9.89. The number of anilines is 1. The molecular weight excluding hydrogens is 540 g/mol. The van der Waals surface area contributed by atoms with Crippen LogP contribution in [0.2, 0.25) is 0 Å². The largest absolute Gasteiger partial charge is 0.480 e. The van der Waals surface area contributed by atoms with Gasteiger partial charge in [-0.15, -0.1) is 0 Å². The summed E-state index contributed by atoms with van der Waals surface area (Å²) < 4.78 is 28.7. The van der Waals surface area contributed by atoms with Crippen LogP contribution in [0.25, 0.3) is 11.1 Å². The van der Waals surface area contributed by atoms with Crippen LogP contribution >= 0.6 is 0 Å². The molecule has 4 N–H and O–H groups in total. The average Bonchev–Trinajstić information content (AvgIpc) is 2.92. The molecule has 0 saturated heterocycles. The lowest BCUT2D eigenvalue weighted by atomic mass is 10.0. The van der Waals surface area contributed by atoms with Crippen LogP contribution in [0.1, 0.15) is 27.8 Å². The highest BCUT2D eigenvalue weighted by molar-refractivity contribution is 7.89. The minimum Gasteiger partial charge on any atom is -0.480 e. The number of aryl methyl sites for hydroxylation is 3. The molecule has 10 heteroatoms. The van der Waals surface area contributed by atoms with Gasteiger partial charge in [0.05, 0.1) is 4.90 Å². The molecule has 3 aromatic carbocycles. The second-order valence-corrected chi connectivity index (χ2v) is 11.5. The summed E-state index contributed by atoms with van der Waals surface area (Å²) in [5.41, 5.74) is 5.91. The smallest absolute Gasteiger partial charge is 0.322 e. The van der Waals surface area contributed by atoms with Crippen molar-refractivity contribution in [3.8, 4) is 11.1 Å². The number of carbonyl (C=O) groups is 2. The van der Waals surface area contributed by atoms with E-state index in [2.05, 4.69) is 20.3 Å². The fraction of sp³-hybridized carbons (Fsp3) is 0.194. The maximum absolute atomic E-state index is 13.1. The van der Waals surface area contributed by atoms with Crippen LogP contribution in [0.4, 0.5) is 10.5 Å². The lowest BCUT2D eigenvalue weighted by molar-refractivity contribution is -0.138. The van der Waals surface area contributed by atoms with Crippen molar-refractivity contribution in [2.45, 2.75) is 44.7 Å². The SMILES string of the molecule is Cc1cc(C)c(S(=O)(=O)NC(Cc2ccc(-c3cccc(NC(=O)NCc4cccnc4)c3)cc2)C(=O)O)c(C)c1. The zero-order chi connectivity index (χ0) is 29.6. The zero-order valence-electron chi connectivity index (χ0n) is 23.0. The Morgan fingerprint density at radius 3 is 2.22 bits per heavy atom. The van der Waals surface area contributed by atoms with E-state index in [9.17, 15) is 23.1 Å². The molecule has 0 saturated carbocycles. The normalized spacial score (nSPS) is 12.0. The fourth-order valence-electron chi connectivity index (χ4n) is 4.72. The van der Waals surface area contributed by atoms with E-state index in [4.69, 9.17) is 0 Å². The first-order chi connectivity index (χ1) is 19.5. The van der Waals surface area contributed by atoms with Crippen molar-refractivity contribution in [1.29, 1.82) is 0 Å². The summed E-state index contributed by atoms with van der Waals surface area (Å²) in [6.45, 7) is 5.62. The Hall–Kier alpha value is -4.54. The Labute approximate surface area is 239 Å². The molecule has 212 valence electrons. The maximum atomic E-state index is 13.1. The third kappa shape index (κ3) is 7.77. The fourth-order valence-corrected chi connectivity index (χ4v) is 6.36. The standard InChI is InChI=1S/C31H32N4O5S/c1-20-14-21(2)29(22(3)15-20)41(39,40)35-28(30(36)37)16-23-9-11-25(12-10-23)26-7-4-8-27(17-26)34-31(38)33-19-24-6-5-13-32-18-24/h4-15,17-18,28,35H,16,19H2,1-3H3,(H,36,37)(H2,33,34,38). The Bertz CT molecular complexity index is 1630. The van der Waals surface area contributed by atoms with Crippen LogP contribution in [0.5, 0.6) is 0 Å². The summed E-state index contributed by atoms with van der Waals surface area (Å²) >= 11 is 0. The molecule has 0 aliphatic heterocycles. The Morgan fingerprint density at radius 2 is 1.59 bits per heavy atom. The predicted octanol–water partition coefficient (Wildman–Crippen LogP) is 4.97. The summed E-state index contributed by atoms with van der Waals surface area (Å²) in [6, 6.07) is 20.0. The number of aliphatic carboxylic acids is 1. The van der Waals surface area contributed by atoms with Crippen molar-refractivity contribution in [2.75, 3.05) is 5.32 Å². The van der Waals surface area contributed by atoms with Crippen molar-refractivity contribution in [3.63, 3.8) is 0 Å². The minimum absolute atomic E-state index is 0.0303. The highest BCUT2D eigenvalue weighted by atomic mass is 32.2. The topological polar surface area (TPSA) is 137 Å². The number of carboxylic acid groups (broad SMARTS) is 1. The van der Waals surface area contributed by atoms with Crippen LogP contribution in [-0.4, -0.2) is 36.6 Å². The number of rotatable bonds is 10. The van der Waals surface area contributed by atoms with Crippen LogP contribution < -0.4 is 15.4 Å². The maximum Gasteiger partial charge on any atom is 0.322 e. The molecule has 0 radical (unpaired) electrons. The highest BCUT2D eigenvalue weighted by Crippen LogP contribution is 2.25. The number of nitrogens with zero attached hydrogens (tertiary/aromatic N) is 1. The molecule has 4 rings (SSSR count). The quantitative estimate of drug-likeness (QED) is 0.212. The predicted molar refractivity (Wildman–Crippen MR) is 158 cm³/mol. The highest BCUT2D eigenvalue weighted by Gasteiger charge is 2.28. The molecule has 2 amide bonds. The number of urea groups is 1. The summed E-state index contributed by atoms with van der Waals surface area (Å²) in [5.74, 6) is -1.26. The Balaban J connectivity index is 1.42. The van der Waals surface area contributed by atoms with Gasteiger partial charge in [0.25, 0.3) is 0 Å². The van der Waals surface area contributed by atoms with Crippen molar-refractivity contribution in [1.82, 2.24) is 15.0 Å². The molecule has 4 aromatic rings. The molecule has 1 atom stereocenters. The monoisotopic (exact) mass is 572 g/mol. The minimum atomic E-state index is -4.06. The van der Waals surface area contributed by atoms with Crippen LogP contribution in [0.3, 0.4) is 0 Å². The van der Waals surface area contributed by atoms with Gasteiger partial charge < -0.3 is 15.7 Å². The molecule has 9 nitrogen and oxygen atoms in total. The van der Waals surface area contributed by atoms with E-state index in [1.165, 1.54) is 0 Å².